The Hall–Kier alpha value is -2.22. The molecule has 0 saturated heterocycles. The van der Waals surface area contributed by atoms with Crippen LogP contribution in [0.25, 0.3) is 0 Å². The van der Waals surface area contributed by atoms with E-state index in [2.05, 4.69) is 15.3 Å². The highest BCUT2D eigenvalue weighted by Crippen LogP contribution is 2.16. The summed E-state index contributed by atoms with van der Waals surface area (Å²) in [5, 5.41) is 20.9. The molecule has 0 aliphatic rings. The van der Waals surface area contributed by atoms with Crippen molar-refractivity contribution in [3.05, 3.63) is 17.7 Å². The quantitative estimate of drug-likeness (QED) is 0.548. The van der Waals surface area contributed by atoms with Gasteiger partial charge in [-0.2, -0.15) is 0 Å². The topological polar surface area (TPSA) is 138 Å². The van der Waals surface area contributed by atoms with Crippen LogP contribution in [0, 0.1) is 0 Å². The molecule has 19 heavy (non-hydrogen) atoms. The number of nitrogens with two attached hydrogens (primary N) is 1. The van der Waals surface area contributed by atoms with Crippen LogP contribution in [0.15, 0.2) is 6.20 Å². The van der Waals surface area contributed by atoms with Gasteiger partial charge in [-0.3, -0.25) is 4.79 Å². The van der Waals surface area contributed by atoms with E-state index in [1.54, 1.807) is 0 Å². The van der Waals surface area contributed by atoms with Gasteiger partial charge in [-0.1, -0.05) is 13.8 Å². The zero-order valence-corrected chi connectivity index (χ0v) is 10.6. The Labute approximate surface area is 109 Å². The van der Waals surface area contributed by atoms with Crippen molar-refractivity contribution >= 4 is 17.6 Å². The number of aliphatic hydroxyl groups is 1. The average Bonchev–Trinajstić information content (AvgIpc) is 2.35. The maximum Gasteiger partial charge on any atom is 0.356 e. The van der Waals surface area contributed by atoms with Gasteiger partial charge in [-0.25, -0.2) is 14.8 Å². The molecule has 1 atom stereocenters. The maximum absolute atomic E-state index is 11.1. The first kappa shape index (κ1) is 14.8. The minimum absolute atomic E-state index is 0.0108. The molecular formula is C11H16N4O4. The normalized spacial score (nSPS) is 12.2. The Morgan fingerprint density at radius 3 is 2.58 bits per heavy atom. The van der Waals surface area contributed by atoms with E-state index in [0.717, 1.165) is 0 Å². The van der Waals surface area contributed by atoms with Gasteiger partial charge in [0.2, 0.25) is 5.91 Å². The fourth-order valence-corrected chi connectivity index (χ4v) is 1.27. The minimum Gasteiger partial charge on any atom is -0.476 e. The number of anilines is 1. The second-order valence-corrected chi connectivity index (χ2v) is 4.25. The van der Waals surface area contributed by atoms with Crippen molar-refractivity contribution in [1.82, 2.24) is 9.97 Å². The molecule has 1 unspecified atom stereocenters. The molecule has 0 spiro atoms. The van der Waals surface area contributed by atoms with Crippen LogP contribution in [-0.2, 0) is 4.79 Å². The Morgan fingerprint density at radius 2 is 2.11 bits per heavy atom. The van der Waals surface area contributed by atoms with E-state index in [-0.39, 0.29) is 23.8 Å². The molecule has 104 valence electrons. The van der Waals surface area contributed by atoms with Crippen LogP contribution in [-0.4, -0.2) is 44.7 Å². The first-order valence-electron chi connectivity index (χ1n) is 5.64. The Balaban J connectivity index is 2.94. The van der Waals surface area contributed by atoms with Gasteiger partial charge in [-0.15, -0.1) is 0 Å². The van der Waals surface area contributed by atoms with Crippen molar-refractivity contribution in [2.75, 3.05) is 11.9 Å². The van der Waals surface area contributed by atoms with Gasteiger partial charge in [0, 0.05) is 12.5 Å². The summed E-state index contributed by atoms with van der Waals surface area (Å²) in [4.78, 5) is 29.7. The molecule has 1 amide bonds. The summed E-state index contributed by atoms with van der Waals surface area (Å²) >= 11 is 0. The van der Waals surface area contributed by atoms with Gasteiger partial charge in [0.05, 0.1) is 11.9 Å². The first-order valence-corrected chi connectivity index (χ1v) is 5.64. The van der Waals surface area contributed by atoms with Crippen LogP contribution in [0.5, 0.6) is 0 Å². The Bertz CT molecular complexity index is 490. The van der Waals surface area contributed by atoms with Crippen molar-refractivity contribution < 1.29 is 19.8 Å². The summed E-state index contributed by atoms with van der Waals surface area (Å²) in [7, 11) is 0. The van der Waals surface area contributed by atoms with E-state index in [0.29, 0.717) is 5.82 Å². The van der Waals surface area contributed by atoms with Crippen molar-refractivity contribution in [1.29, 1.82) is 0 Å². The summed E-state index contributed by atoms with van der Waals surface area (Å²) in [5.41, 5.74) is 4.80. The molecule has 0 aromatic carbocycles. The summed E-state index contributed by atoms with van der Waals surface area (Å²) in [6, 6.07) is 0. The van der Waals surface area contributed by atoms with Gasteiger partial charge in [0.25, 0.3) is 0 Å². The number of amides is 1. The van der Waals surface area contributed by atoms with Crippen LogP contribution in [0.1, 0.15) is 36.1 Å². The molecule has 0 bridgehead atoms. The van der Waals surface area contributed by atoms with Crippen LogP contribution in [0.4, 0.5) is 5.69 Å². The standard InChI is InChI=1S/C11H16N4O4/c1-5(2)10-14-3-6(8(15-10)11(18)19)13-4-7(16)9(12)17/h3,5,7,13,16H,4H2,1-2H3,(H2,12,17)(H,18,19). The molecule has 1 heterocycles. The van der Waals surface area contributed by atoms with Crippen molar-refractivity contribution in [3.63, 3.8) is 0 Å². The largest absolute Gasteiger partial charge is 0.476 e. The Morgan fingerprint density at radius 1 is 1.47 bits per heavy atom. The fourth-order valence-electron chi connectivity index (χ4n) is 1.27. The lowest BCUT2D eigenvalue weighted by molar-refractivity contribution is -0.125. The third kappa shape index (κ3) is 3.88. The van der Waals surface area contributed by atoms with E-state index < -0.39 is 18.0 Å². The van der Waals surface area contributed by atoms with Gasteiger partial charge in [0.15, 0.2) is 5.69 Å². The number of primary amides is 1. The molecule has 5 N–H and O–H groups in total. The van der Waals surface area contributed by atoms with E-state index >= 15 is 0 Å². The van der Waals surface area contributed by atoms with E-state index in [9.17, 15) is 14.7 Å². The van der Waals surface area contributed by atoms with Crippen molar-refractivity contribution in [2.24, 2.45) is 5.73 Å². The molecule has 1 rings (SSSR count). The third-order valence-corrected chi connectivity index (χ3v) is 2.34. The second-order valence-electron chi connectivity index (χ2n) is 4.25. The zero-order chi connectivity index (χ0) is 14.6. The van der Waals surface area contributed by atoms with Gasteiger partial charge >= 0.3 is 5.97 Å². The lowest BCUT2D eigenvalue weighted by Gasteiger charge is -2.12. The van der Waals surface area contributed by atoms with Crippen LogP contribution >= 0.6 is 0 Å². The van der Waals surface area contributed by atoms with E-state index in [1.165, 1.54) is 6.20 Å². The highest BCUT2D eigenvalue weighted by molar-refractivity contribution is 5.91. The number of hydrogen-bond donors (Lipinski definition) is 4. The number of carboxylic acid groups (broad SMARTS) is 1. The van der Waals surface area contributed by atoms with Crippen LogP contribution < -0.4 is 11.1 Å². The van der Waals surface area contributed by atoms with Gasteiger partial charge < -0.3 is 21.3 Å². The number of nitrogens with zero attached hydrogens (tertiary/aromatic N) is 2. The van der Waals surface area contributed by atoms with E-state index in [1.807, 2.05) is 13.8 Å². The van der Waals surface area contributed by atoms with E-state index in [4.69, 9.17) is 10.8 Å². The molecule has 0 radical (unpaired) electrons. The summed E-state index contributed by atoms with van der Waals surface area (Å²) < 4.78 is 0. The first-order chi connectivity index (χ1) is 8.82. The number of aromatic nitrogens is 2. The van der Waals surface area contributed by atoms with Crippen LogP contribution in [0.2, 0.25) is 0 Å². The number of rotatable bonds is 6. The Kier molecular flexibility index (Phi) is 4.76. The summed E-state index contributed by atoms with van der Waals surface area (Å²) in [5.74, 6) is -1.73. The zero-order valence-electron chi connectivity index (χ0n) is 10.6. The highest BCUT2D eigenvalue weighted by atomic mass is 16.4. The molecule has 8 heteroatoms. The monoisotopic (exact) mass is 268 g/mol. The van der Waals surface area contributed by atoms with Crippen molar-refractivity contribution in [2.45, 2.75) is 25.9 Å². The fraction of sp³-hybridized carbons (Fsp3) is 0.455. The lowest BCUT2D eigenvalue weighted by Crippen LogP contribution is -2.34. The van der Waals surface area contributed by atoms with Gasteiger partial charge in [-0.05, 0) is 0 Å². The highest BCUT2D eigenvalue weighted by Gasteiger charge is 2.17. The molecule has 1 aromatic rings. The number of aromatic carboxylic acids is 1. The average molecular weight is 268 g/mol. The predicted octanol–water partition coefficient (Wildman–Crippen LogP) is -0.444. The summed E-state index contributed by atoms with van der Waals surface area (Å²) in [6.07, 6.45) is -0.106. The number of nitrogens with one attached hydrogen (secondary N) is 1. The van der Waals surface area contributed by atoms with Gasteiger partial charge in [0.1, 0.15) is 11.9 Å². The molecule has 0 aliphatic heterocycles. The second kappa shape index (κ2) is 6.10. The lowest BCUT2D eigenvalue weighted by atomic mass is 10.2. The molecule has 1 aromatic heterocycles. The number of aliphatic hydroxyl groups excluding tert-OH is 1. The number of carbonyl (C=O) groups is 2. The van der Waals surface area contributed by atoms with Crippen LogP contribution in [0.3, 0.4) is 0 Å². The number of carboxylic acids is 1. The third-order valence-electron chi connectivity index (χ3n) is 2.34. The molecule has 0 aliphatic carbocycles. The van der Waals surface area contributed by atoms with Crippen molar-refractivity contribution in [3.8, 4) is 0 Å². The summed E-state index contributed by atoms with van der Waals surface area (Å²) in [6.45, 7) is 3.47. The minimum atomic E-state index is -1.41. The smallest absolute Gasteiger partial charge is 0.356 e. The molecule has 8 nitrogen and oxygen atoms in total. The molecular weight excluding hydrogens is 252 g/mol. The SMILES string of the molecule is CC(C)c1ncc(NCC(O)C(N)=O)c(C(=O)O)n1. The number of carbonyl (C=O) groups excluding carboxylic acids is 1. The molecule has 0 saturated carbocycles. The predicted molar refractivity (Wildman–Crippen MR) is 66.8 cm³/mol. The molecule has 0 fully saturated rings. The number of hydrogen-bond acceptors (Lipinski definition) is 6. The maximum atomic E-state index is 11.1.